The van der Waals surface area contributed by atoms with Gasteiger partial charge in [-0.2, -0.15) is 0 Å². The number of guanidine groups is 1. The van der Waals surface area contributed by atoms with Gasteiger partial charge >= 0.3 is 0 Å². The Morgan fingerprint density at radius 1 is 1.35 bits per heavy atom. The molecule has 0 amide bonds. The molecule has 3 atom stereocenters. The zero-order valence-corrected chi connectivity index (χ0v) is 15.9. The molecule has 1 aliphatic carbocycles. The molecule has 5 nitrogen and oxygen atoms in total. The fraction of sp³-hybridized carbons (Fsp3) is 0.944. The fourth-order valence-corrected chi connectivity index (χ4v) is 3.10. The summed E-state index contributed by atoms with van der Waals surface area (Å²) in [6.45, 7) is 12.9. The predicted octanol–water partition coefficient (Wildman–Crippen LogP) is 2.54. The Kier molecular flexibility index (Phi) is 7.81. The molecule has 0 radical (unpaired) electrons. The molecule has 136 valence electrons. The number of hydrogen-bond acceptors (Lipinski definition) is 3. The lowest BCUT2D eigenvalue weighted by molar-refractivity contribution is 0.00701. The van der Waals surface area contributed by atoms with Gasteiger partial charge in [0.15, 0.2) is 5.96 Å². The van der Waals surface area contributed by atoms with E-state index in [0.29, 0.717) is 13.1 Å². The number of aliphatic hydroxyl groups excluding tert-OH is 1. The Labute approximate surface area is 142 Å². The molecule has 0 spiro atoms. The van der Waals surface area contributed by atoms with Crippen molar-refractivity contribution >= 4 is 5.96 Å². The molecule has 1 fully saturated rings. The van der Waals surface area contributed by atoms with E-state index < -0.39 is 0 Å². The minimum atomic E-state index is -0.246. The second-order valence-electron chi connectivity index (χ2n) is 8.08. The third-order valence-electron chi connectivity index (χ3n) is 4.93. The van der Waals surface area contributed by atoms with Crippen LogP contribution < -0.4 is 10.6 Å². The molecule has 3 N–H and O–H groups in total. The van der Waals surface area contributed by atoms with Gasteiger partial charge in [-0.15, -0.1) is 0 Å². The van der Waals surface area contributed by atoms with Gasteiger partial charge in [-0.05, 0) is 25.2 Å². The van der Waals surface area contributed by atoms with E-state index in [2.05, 4.69) is 45.3 Å². The van der Waals surface area contributed by atoms with Crippen LogP contribution in [0.15, 0.2) is 4.99 Å². The van der Waals surface area contributed by atoms with Gasteiger partial charge in [0, 0.05) is 25.6 Å². The minimum Gasteiger partial charge on any atom is -0.392 e. The van der Waals surface area contributed by atoms with Gasteiger partial charge in [-0.25, -0.2) is 0 Å². The van der Waals surface area contributed by atoms with Crippen LogP contribution in [0.2, 0.25) is 0 Å². The highest BCUT2D eigenvalue weighted by atomic mass is 16.5. The Morgan fingerprint density at radius 3 is 2.57 bits per heavy atom. The molecule has 5 heteroatoms. The first-order valence-electron chi connectivity index (χ1n) is 8.96. The molecule has 1 aliphatic rings. The van der Waals surface area contributed by atoms with Gasteiger partial charge in [-0.3, -0.25) is 4.99 Å². The maximum Gasteiger partial charge on any atom is 0.191 e. The second-order valence-corrected chi connectivity index (χ2v) is 8.08. The SMILES string of the molecule is CCNC(=NCC1(C)CCCCC1O)NCC(OC)C(C)(C)C. The number of methoxy groups -OCH3 is 1. The molecule has 0 saturated heterocycles. The second kappa shape index (κ2) is 8.88. The van der Waals surface area contributed by atoms with Crippen molar-refractivity contribution in [3.8, 4) is 0 Å². The number of nitrogens with one attached hydrogen (secondary N) is 2. The zero-order chi connectivity index (χ0) is 17.5. The first-order valence-corrected chi connectivity index (χ1v) is 8.96. The summed E-state index contributed by atoms with van der Waals surface area (Å²) in [5.74, 6) is 0.804. The Bertz CT molecular complexity index is 379. The van der Waals surface area contributed by atoms with Crippen molar-refractivity contribution in [2.24, 2.45) is 15.8 Å². The highest BCUT2D eigenvalue weighted by Crippen LogP contribution is 2.36. The smallest absolute Gasteiger partial charge is 0.191 e. The molecule has 1 saturated carbocycles. The largest absolute Gasteiger partial charge is 0.392 e. The molecule has 23 heavy (non-hydrogen) atoms. The first kappa shape index (κ1) is 20.2. The van der Waals surface area contributed by atoms with Gasteiger partial charge in [0.1, 0.15) is 0 Å². The molecular weight excluding hydrogens is 290 g/mol. The van der Waals surface area contributed by atoms with Crippen molar-refractivity contribution in [3.05, 3.63) is 0 Å². The zero-order valence-electron chi connectivity index (χ0n) is 15.9. The highest BCUT2D eigenvalue weighted by Gasteiger charge is 2.35. The standard InChI is InChI=1S/C18H37N3O2/c1-7-19-16(20-12-15(23-6)17(2,3)4)21-13-18(5)11-9-8-10-14(18)22/h14-15,22H,7-13H2,1-6H3,(H2,19,20,21). The van der Waals surface area contributed by atoms with E-state index >= 15 is 0 Å². The van der Waals surface area contributed by atoms with Gasteiger partial charge in [0.2, 0.25) is 0 Å². The van der Waals surface area contributed by atoms with E-state index in [0.717, 1.165) is 31.8 Å². The Hall–Kier alpha value is -0.810. The lowest BCUT2D eigenvalue weighted by Crippen LogP contribution is -2.46. The minimum absolute atomic E-state index is 0.0740. The topological polar surface area (TPSA) is 65.9 Å². The first-order chi connectivity index (χ1) is 10.7. The van der Waals surface area contributed by atoms with Gasteiger partial charge in [-0.1, -0.05) is 40.5 Å². The fourth-order valence-electron chi connectivity index (χ4n) is 3.10. The van der Waals surface area contributed by atoms with E-state index in [4.69, 9.17) is 9.73 Å². The van der Waals surface area contributed by atoms with Crippen molar-refractivity contribution < 1.29 is 9.84 Å². The van der Waals surface area contributed by atoms with Crippen LogP contribution >= 0.6 is 0 Å². The van der Waals surface area contributed by atoms with Crippen LogP contribution in [0.5, 0.6) is 0 Å². The summed E-state index contributed by atoms with van der Waals surface area (Å²) in [7, 11) is 1.75. The average molecular weight is 328 g/mol. The molecule has 1 rings (SSSR count). The Morgan fingerprint density at radius 2 is 2.04 bits per heavy atom. The van der Waals surface area contributed by atoms with Crippen LogP contribution in [0.4, 0.5) is 0 Å². The normalized spacial score (nSPS) is 27.6. The molecule has 0 bridgehead atoms. The van der Waals surface area contributed by atoms with Crippen molar-refractivity contribution in [2.75, 3.05) is 26.7 Å². The van der Waals surface area contributed by atoms with Crippen molar-refractivity contribution in [3.63, 3.8) is 0 Å². The number of aliphatic imine (C=N–C) groups is 1. The van der Waals surface area contributed by atoms with Crippen LogP contribution in [0.25, 0.3) is 0 Å². The van der Waals surface area contributed by atoms with E-state index in [9.17, 15) is 5.11 Å². The summed E-state index contributed by atoms with van der Waals surface area (Å²) in [6, 6.07) is 0. The summed E-state index contributed by atoms with van der Waals surface area (Å²) in [6.07, 6.45) is 4.11. The molecular formula is C18H37N3O2. The van der Waals surface area contributed by atoms with E-state index in [1.54, 1.807) is 7.11 Å². The van der Waals surface area contributed by atoms with E-state index in [-0.39, 0.29) is 23.0 Å². The quantitative estimate of drug-likeness (QED) is 0.518. The summed E-state index contributed by atoms with van der Waals surface area (Å²) >= 11 is 0. The van der Waals surface area contributed by atoms with Gasteiger partial charge < -0.3 is 20.5 Å². The third kappa shape index (κ3) is 6.30. The van der Waals surface area contributed by atoms with Crippen molar-refractivity contribution in [1.29, 1.82) is 0 Å². The molecule has 0 aromatic rings. The number of aliphatic hydroxyl groups is 1. The molecule has 0 aromatic heterocycles. The maximum atomic E-state index is 10.3. The molecule has 0 heterocycles. The summed E-state index contributed by atoms with van der Waals surface area (Å²) in [5, 5.41) is 17.0. The number of hydrogen-bond donors (Lipinski definition) is 3. The highest BCUT2D eigenvalue weighted by molar-refractivity contribution is 5.79. The van der Waals surface area contributed by atoms with Crippen LogP contribution in [-0.4, -0.2) is 50.0 Å². The van der Waals surface area contributed by atoms with Gasteiger partial charge in [0.05, 0.1) is 18.8 Å². The van der Waals surface area contributed by atoms with E-state index in [1.807, 2.05) is 0 Å². The molecule has 0 aromatic carbocycles. The predicted molar refractivity (Wildman–Crippen MR) is 96.8 cm³/mol. The van der Waals surface area contributed by atoms with Gasteiger partial charge in [0.25, 0.3) is 0 Å². The third-order valence-corrected chi connectivity index (χ3v) is 4.93. The summed E-state index contributed by atoms with van der Waals surface area (Å²) < 4.78 is 5.59. The monoisotopic (exact) mass is 327 g/mol. The lowest BCUT2D eigenvalue weighted by atomic mass is 9.73. The van der Waals surface area contributed by atoms with Crippen LogP contribution in [0.1, 0.15) is 60.3 Å². The van der Waals surface area contributed by atoms with Crippen molar-refractivity contribution in [1.82, 2.24) is 10.6 Å². The van der Waals surface area contributed by atoms with E-state index in [1.165, 1.54) is 6.42 Å². The lowest BCUT2D eigenvalue weighted by Gasteiger charge is -2.37. The van der Waals surface area contributed by atoms with Crippen LogP contribution in [0.3, 0.4) is 0 Å². The summed E-state index contributed by atoms with van der Waals surface area (Å²) in [5.41, 5.74) is -0.0318. The molecule has 0 aliphatic heterocycles. The Balaban J connectivity index is 2.66. The number of rotatable bonds is 6. The van der Waals surface area contributed by atoms with Crippen LogP contribution in [0, 0.1) is 10.8 Å². The number of ether oxygens (including phenoxy) is 1. The summed E-state index contributed by atoms with van der Waals surface area (Å²) in [4.78, 5) is 4.73. The average Bonchev–Trinajstić information content (AvgIpc) is 2.47. The van der Waals surface area contributed by atoms with Crippen molar-refractivity contribution in [2.45, 2.75) is 72.5 Å². The molecule has 3 unspecified atom stereocenters. The maximum absolute atomic E-state index is 10.3. The number of nitrogens with zero attached hydrogens (tertiary/aromatic N) is 1. The van der Waals surface area contributed by atoms with Crippen LogP contribution in [-0.2, 0) is 4.74 Å².